The Bertz CT molecular complexity index is 358. The first kappa shape index (κ1) is 19.8. The Morgan fingerprint density at radius 1 is 1.14 bits per heavy atom. The zero-order valence-corrected chi connectivity index (χ0v) is 14.7. The van der Waals surface area contributed by atoms with Crippen molar-refractivity contribution in [1.82, 2.24) is 0 Å². The largest absolute Gasteiger partial charge is 0.494 e. The lowest BCUT2D eigenvalue weighted by molar-refractivity contribution is 0.175. The van der Waals surface area contributed by atoms with Crippen molar-refractivity contribution in [2.24, 2.45) is 5.92 Å². The number of allylic oxidation sites excluding steroid dienone is 7. The van der Waals surface area contributed by atoms with Gasteiger partial charge in [-0.15, -0.1) is 0 Å². The highest BCUT2D eigenvalue weighted by Gasteiger charge is 2.02. The molecule has 0 rings (SSSR count). The second-order valence-corrected chi connectivity index (χ2v) is 5.54. The van der Waals surface area contributed by atoms with E-state index in [1.54, 1.807) is 0 Å². The standard InChI is InChI=1S/C20H34O/c1-6-10-14-18(5)17-21-20(13-8-3)16-11-15-19(9-4)12-7-2/h7,9,11-13,16,18H,6,8,10,14-15,17H2,1-5H3/b12-7-,16-11-,19-9+,20-13+. The molecule has 0 N–H and O–H groups in total. The van der Waals surface area contributed by atoms with Crippen LogP contribution in [-0.4, -0.2) is 6.61 Å². The summed E-state index contributed by atoms with van der Waals surface area (Å²) in [6, 6.07) is 0. The van der Waals surface area contributed by atoms with E-state index in [0.717, 1.165) is 25.2 Å². The van der Waals surface area contributed by atoms with E-state index in [-0.39, 0.29) is 0 Å². The summed E-state index contributed by atoms with van der Waals surface area (Å²) in [5.41, 5.74) is 1.33. The van der Waals surface area contributed by atoms with Crippen LogP contribution in [0.25, 0.3) is 0 Å². The summed E-state index contributed by atoms with van der Waals surface area (Å²) in [6.45, 7) is 11.6. The van der Waals surface area contributed by atoms with Crippen LogP contribution in [0.4, 0.5) is 0 Å². The molecule has 0 aromatic carbocycles. The maximum absolute atomic E-state index is 5.95. The van der Waals surface area contributed by atoms with E-state index in [0.29, 0.717) is 5.92 Å². The average molecular weight is 290 g/mol. The van der Waals surface area contributed by atoms with Crippen molar-refractivity contribution in [3.63, 3.8) is 0 Å². The van der Waals surface area contributed by atoms with Gasteiger partial charge in [-0.2, -0.15) is 0 Å². The van der Waals surface area contributed by atoms with Gasteiger partial charge in [-0.1, -0.05) is 57.9 Å². The molecule has 0 radical (unpaired) electrons. The van der Waals surface area contributed by atoms with Gasteiger partial charge < -0.3 is 4.74 Å². The molecule has 0 bridgehead atoms. The number of rotatable bonds is 11. The Balaban J connectivity index is 4.34. The van der Waals surface area contributed by atoms with Crippen LogP contribution in [0.1, 0.15) is 66.7 Å². The van der Waals surface area contributed by atoms with Crippen LogP contribution in [0.2, 0.25) is 0 Å². The molecule has 21 heavy (non-hydrogen) atoms. The molecule has 0 spiro atoms. The van der Waals surface area contributed by atoms with Gasteiger partial charge in [0.05, 0.1) is 6.61 Å². The van der Waals surface area contributed by atoms with Gasteiger partial charge in [0.25, 0.3) is 0 Å². The van der Waals surface area contributed by atoms with Crippen LogP contribution in [-0.2, 0) is 4.74 Å². The van der Waals surface area contributed by atoms with Gasteiger partial charge in [0, 0.05) is 0 Å². The molecule has 0 heterocycles. The lowest BCUT2D eigenvalue weighted by atomic mass is 10.1. The summed E-state index contributed by atoms with van der Waals surface area (Å²) >= 11 is 0. The molecule has 1 nitrogen and oxygen atoms in total. The van der Waals surface area contributed by atoms with Crippen LogP contribution < -0.4 is 0 Å². The van der Waals surface area contributed by atoms with Crippen molar-refractivity contribution in [2.75, 3.05) is 6.61 Å². The van der Waals surface area contributed by atoms with Crippen molar-refractivity contribution in [3.8, 4) is 0 Å². The minimum atomic E-state index is 0.632. The number of ether oxygens (including phenoxy) is 1. The zero-order valence-electron chi connectivity index (χ0n) is 14.7. The third-order valence-electron chi connectivity index (χ3n) is 3.38. The van der Waals surface area contributed by atoms with Gasteiger partial charge in [-0.05, 0) is 56.8 Å². The first-order chi connectivity index (χ1) is 10.2. The lowest BCUT2D eigenvalue weighted by Gasteiger charge is -2.13. The minimum absolute atomic E-state index is 0.632. The van der Waals surface area contributed by atoms with Crippen LogP contribution in [0.15, 0.2) is 47.8 Å². The lowest BCUT2D eigenvalue weighted by Crippen LogP contribution is -2.05. The van der Waals surface area contributed by atoms with Crippen LogP contribution in [0.3, 0.4) is 0 Å². The third kappa shape index (κ3) is 11.1. The Labute approximate surface area is 132 Å². The van der Waals surface area contributed by atoms with Crippen molar-refractivity contribution in [3.05, 3.63) is 47.8 Å². The first-order valence-electron chi connectivity index (χ1n) is 8.45. The number of hydrogen-bond acceptors (Lipinski definition) is 1. The Morgan fingerprint density at radius 3 is 2.48 bits per heavy atom. The van der Waals surface area contributed by atoms with E-state index in [1.165, 1.54) is 24.8 Å². The highest BCUT2D eigenvalue weighted by molar-refractivity contribution is 5.22. The van der Waals surface area contributed by atoms with Gasteiger partial charge in [0.2, 0.25) is 0 Å². The second kappa shape index (κ2) is 13.7. The minimum Gasteiger partial charge on any atom is -0.494 e. The van der Waals surface area contributed by atoms with Crippen molar-refractivity contribution in [2.45, 2.75) is 66.7 Å². The quantitative estimate of drug-likeness (QED) is 0.308. The highest BCUT2D eigenvalue weighted by Crippen LogP contribution is 2.12. The predicted octanol–water partition coefficient (Wildman–Crippen LogP) is 6.59. The van der Waals surface area contributed by atoms with Crippen molar-refractivity contribution < 1.29 is 4.74 Å². The Hall–Kier alpha value is -1.24. The van der Waals surface area contributed by atoms with Gasteiger partial charge >= 0.3 is 0 Å². The molecule has 0 aliphatic heterocycles. The summed E-state index contributed by atoms with van der Waals surface area (Å²) in [4.78, 5) is 0. The molecular weight excluding hydrogens is 256 g/mol. The molecule has 0 aromatic heterocycles. The maximum Gasteiger partial charge on any atom is 0.115 e. The summed E-state index contributed by atoms with van der Waals surface area (Å²) in [5.74, 6) is 1.64. The Kier molecular flexibility index (Phi) is 12.9. The molecule has 0 amide bonds. The Morgan fingerprint density at radius 2 is 1.90 bits per heavy atom. The molecule has 0 aliphatic carbocycles. The van der Waals surface area contributed by atoms with Crippen LogP contribution in [0.5, 0.6) is 0 Å². The first-order valence-corrected chi connectivity index (χ1v) is 8.45. The predicted molar refractivity (Wildman–Crippen MR) is 95.3 cm³/mol. The average Bonchev–Trinajstić information content (AvgIpc) is 2.49. The number of unbranched alkanes of at least 4 members (excludes halogenated alkanes) is 1. The molecule has 1 unspecified atom stereocenters. The molecule has 120 valence electrons. The molecule has 0 aromatic rings. The molecule has 0 fully saturated rings. The smallest absolute Gasteiger partial charge is 0.115 e. The fourth-order valence-electron chi connectivity index (χ4n) is 2.06. The van der Waals surface area contributed by atoms with Crippen LogP contribution >= 0.6 is 0 Å². The summed E-state index contributed by atoms with van der Waals surface area (Å²) in [6.07, 6.45) is 18.6. The normalized spacial score (nSPS) is 15.1. The monoisotopic (exact) mass is 290 g/mol. The molecule has 0 saturated heterocycles. The molecule has 0 saturated carbocycles. The van der Waals surface area contributed by atoms with E-state index in [4.69, 9.17) is 4.74 Å². The SMILES string of the molecule is C/C=C\C(=C/C)C/C=C\C(=C/CC)OCC(C)CCCC. The highest BCUT2D eigenvalue weighted by atomic mass is 16.5. The van der Waals surface area contributed by atoms with Crippen molar-refractivity contribution >= 4 is 0 Å². The summed E-state index contributed by atoms with van der Waals surface area (Å²) < 4.78 is 5.95. The number of hydrogen-bond donors (Lipinski definition) is 0. The van der Waals surface area contributed by atoms with Gasteiger partial charge in [-0.25, -0.2) is 0 Å². The summed E-state index contributed by atoms with van der Waals surface area (Å²) in [5, 5.41) is 0. The fourth-order valence-corrected chi connectivity index (χ4v) is 2.06. The third-order valence-corrected chi connectivity index (χ3v) is 3.38. The zero-order chi connectivity index (χ0) is 15.9. The maximum atomic E-state index is 5.95. The van der Waals surface area contributed by atoms with E-state index >= 15 is 0 Å². The van der Waals surface area contributed by atoms with E-state index in [1.807, 2.05) is 0 Å². The van der Waals surface area contributed by atoms with Crippen molar-refractivity contribution in [1.29, 1.82) is 0 Å². The van der Waals surface area contributed by atoms with E-state index < -0.39 is 0 Å². The van der Waals surface area contributed by atoms with E-state index in [9.17, 15) is 0 Å². The molecule has 0 aliphatic rings. The van der Waals surface area contributed by atoms with Gasteiger partial charge in [0.1, 0.15) is 5.76 Å². The van der Waals surface area contributed by atoms with Crippen LogP contribution in [0, 0.1) is 5.92 Å². The van der Waals surface area contributed by atoms with E-state index in [2.05, 4.69) is 71.1 Å². The second-order valence-electron chi connectivity index (χ2n) is 5.54. The van der Waals surface area contributed by atoms with Gasteiger partial charge in [-0.3, -0.25) is 0 Å². The fraction of sp³-hybridized carbons (Fsp3) is 0.600. The molecule has 1 heteroatoms. The summed E-state index contributed by atoms with van der Waals surface area (Å²) in [7, 11) is 0. The molecular formula is C20H34O. The topological polar surface area (TPSA) is 9.23 Å². The molecule has 1 atom stereocenters. The van der Waals surface area contributed by atoms with Gasteiger partial charge in [0.15, 0.2) is 0 Å².